The van der Waals surface area contributed by atoms with Gasteiger partial charge in [0.05, 0.1) is 12.7 Å². The number of methoxy groups -OCH3 is 1. The van der Waals surface area contributed by atoms with Crippen LogP contribution < -0.4 is 9.47 Å². The van der Waals surface area contributed by atoms with Gasteiger partial charge in [0.1, 0.15) is 22.8 Å². The lowest BCUT2D eigenvalue weighted by molar-refractivity contribution is 0.0732. The van der Waals surface area contributed by atoms with Crippen LogP contribution in [0.3, 0.4) is 0 Å². The van der Waals surface area contributed by atoms with Crippen molar-refractivity contribution < 1.29 is 18.7 Å². The number of benzene rings is 3. The van der Waals surface area contributed by atoms with Crippen molar-refractivity contribution in [1.82, 2.24) is 0 Å². The fourth-order valence-electron chi connectivity index (χ4n) is 3.89. The van der Waals surface area contributed by atoms with Crippen LogP contribution >= 0.6 is 0 Å². The summed E-state index contributed by atoms with van der Waals surface area (Å²) in [5, 5.41) is 0.985. The molecule has 1 heterocycles. The maximum atomic E-state index is 12.8. The third-order valence-electron chi connectivity index (χ3n) is 5.63. The standard InChI is InChI=1S/C26H24O4/c1-15-16(2)25-22(23(18(4)29-25)19-9-7-6-8-10-19)17(3)24(15)30-26(27)20-11-13-21(28-5)14-12-20/h6-14H,1-5H3. The maximum Gasteiger partial charge on any atom is 0.343 e. The molecule has 0 fully saturated rings. The highest BCUT2D eigenvalue weighted by Crippen LogP contribution is 2.43. The van der Waals surface area contributed by atoms with Gasteiger partial charge in [-0.1, -0.05) is 30.3 Å². The second-order valence-electron chi connectivity index (χ2n) is 7.43. The van der Waals surface area contributed by atoms with E-state index in [1.807, 2.05) is 45.9 Å². The molecule has 0 unspecified atom stereocenters. The molecule has 3 aromatic carbocycles. The van der Waals surface area contributed by atoms with E-state index >= 15 is 0 Å². The molecule has 152 valence electrons. The Labute approximate surface area is 176 Å². The Balaban J connectivity index is 1.85. The predicted octanol–water partition coefficient (Wildman–Crippen LogP) is 6.56. The lowest BCUT2D eigenvalue weighted by Gasteiger charge is -2.15. The molecule has 0 radical (unpaired) electrons. The summed E-state index contributed by atoms with van der Waals surface area (Å²) in [6, 6.07) is 17.0. The van der Waals surface area contributed by atoms with Gasteiger partial charge in [0.2, 0.25) is 0 Å². The van der Waals surface area contributed by atoms with Crippen LogP contribution in [0, 0.1) is 27.7 Å². The van der Waals surface area contributed by atoms with Crippen molar-refractivity contribution >= 4 is 16.9 Å². The van der Waals surface area contributed by atoms with E-state index in [9.17, 15) is 4.79 Å². The number of esters is 1. The number of hydrogen-bond donors (Lipinski definition) is 0. The second-order valence-corrected chi connectivity index (χ2v) is 7.43. The molecule has 0 N–H and O–H groups in total. The summed E-state index contributed by atoms with van der Waals surface area (Å²) < 4.78 is 17.2. The van der Waals surface area contributed by atoms with E-state index in [0.717, 1.165) is 44.5 Å². The van der Waals surface area contributed by atoms with Crippen LogP contribution in [0.1, 0.15) is 32.8 Å². The average Bonchev–Trinajstić information content (AvgIpc) is 3.13. The maximum absolute atomic E-state index is 12.8. The Morgan fingerprint density at radius 2 is 1.50 bits per heavy atom. The van der Waals surface area contributed by atoms with Crippen molar-refractivity contribution in [3.8, 4) is 22.6 Å². The van der Waals surface area contributed by atoms with Gasteiger partial charge in [-0.25, -0.2) is 4.79 Å². The van der Waals surface area contributed by atoms with Gasteiger partial charge in [-0.2, -0.15) is 0 Å². The molecule has 0 amide bonds. The molecule has 0 atom stereocenters. The van der Waals surface area contributed by atoms with Crippen molar-refractivity contribution in [1.29, 1.82) is 0 Å². The predicted molar refractivity (Wildman–Crippen MR) is 119 cm³/mol. The zero-order chi connectivity index (χ0) is 21.4. The van der Waals surface area contributed by atoms with Crippen molar-refractivity contribution in [3.63, 3.8) is 0 Å². The molecule has 4 nitrogen and oxygen atoms in total. The molecule has 0 aliphatic rings. The van der Waals surface area contributed by atoms with Gasteiger partial charge in [-0.15, -0.1) is 0 Å². The summed E-state index contributed by atoms with van der Waals surface area (Å²) in [7, 11) is 1.59. The van der Waals surface area contributed by atoms with E-state index in [2.05, 4.69) is 12.1 Å². The fraction of sp³-hybridized carbons (Fsp3) is 0.192. The summed E-state index contributed by atoms with van der Waals surface area (Å²) in [5.74, 6) is 1.72. The van der Waals surface area contributed by atoms with Gasteiger partial charge in [-0.3, -0.25) is 0 Å². The number of furan rings is 1. The van der Waals surface area contributed by atoms with E-state index in [-0.39, 0.29) is 0 Å². The van der Waals surface area contributed by atoms with Crippen molar-refractivity contribution in [2.45, 2.75) is 27.7 Å². The molecule has 0 saturated heterocycles. The zero-order valence-corrected chi connectivity index (χ0v) is 17.8. The van der Waals surface area contributed by atoms with Gasteiger partial charge in [-0.05, 0) is 68.7 Å². The Bertz CT molecular complexity index is 1230. The molecule has 4 aromatic rings. The third kappa shape index (κ3) is 3.24. The van der Waals surface area contributed by atoms with Crippen molar-refractivity contribution in [2.75, 3.05) is 7.11 Å². The van der Waals surface area contributed by atoms with Crippen LogP contribution in [-0.2, 0) is 0 Å². The van der Waals surface area contributed by atoms with Gasteiger partial charge in [0, 0.05) is 16.5 Å². The van der Waals surface area contributed by atoms with Gasteiger partial charge in [0.15, 0.2) is 0 Å². The molecule has 0 saturated carbocycles. The monoisotopic (exact) mass is 400 g/mol. The summed E-state index contributed by atoms with van der Waals surface area (Å²) in [6.07, 6.45) is 0. The van der Waals surface area contributed by atoms with Gasteiger partial charge < -0.3 is 13.9 Å². The van der Waals surface area contributed by atoms with Gasteiger partial charge >= 0.3 is 5.97 Å². The zero-order valence-electron chi connectivity index (χ0n) is 17.8. The highest BCUT2D eigenvalue weighted by atomic mass is 16.5. The van der Waals surface area contributed by atoms with Gasteiger partial charge in [0.25, 0.3) is 0 Å². The Morgan fingerprint density at radius 1 is 0.833 bits per heavy atom. The fourth-order valence-corrected chi connectivity index (χ4v) is 3.89. The molecule has 4 heteroatoms. The quantitative estimate of drug-likeness (QED) is 0.287. The molecule has 0 spiro atoms. The highest BCUT2D eigenvalue weighted by molar-refractivity contribution is 6.02. The van der Waals surface area contributed by atoms with Crippen LogP contribution in [0.5, 0.6) is 11.5 Å². The molecule has 0 bridgehead atoms. The topological polar surface area (TPSA) is 48.7 Å². The van der Waals surface area contributed by atoms with E-state index in [4.69, 9.17) is 13.9 Å². The highest BCUT2D eigenvalue weighted by Gasteiger charge is 2.23. The molecule has 4 rings (SSSR count). The number of carbonyl (C=O) groups excluding carboxylic acids is 1. The minimum Gasteiger partial charge on any atom is -0.497 e. The van der Waals surface area contributed by atoms with E-state index < -0.39 is 5.97 Å². The van der Waals surface area contributed by atoms with E-state index in [1.54, 1.807) is 31.4 Å². The number of carbonyl (C=O) groups is 1. The Morgan fingerprint density at radius 3 is 2.13 bits per heavy atom. The van der Waals surface area contributed by atoms with Crippen LogP contribution in [0.2, 0.25) is 0 Å². The SMILES string of the molecule is COc1ccc(C(=O)Oc2c(C)c(C)c3oc(C)c(-c4ccccc4)c3c2C)cc1. The minimum absolute atomic E-state index is 0.399. The van der Waals surface area contributed by atoms with E-state index in [1.165, 1.54) is 0 Å². The van der Waals surface area contributed by atoms with Crippen LogP contribution in [-0.4, -0.2) is 13.1 Å². The number of rotatable bonds is 4. The Hall–Kier alpha value is -3.53. The Kier molecular flexibility index (Phi) is 5.08. The molecule has 30 heavy (non-hydrogen) atoms. The first kappa shape index (κ1) is 19.8. The smallest absolute Gasteiger partial charge is 0.343 e. The molecular formula is C26H24O4. The molecular weight excluding hydrogens is 376 g/mol. The number of ether oxygens (including phenoxy) is 2. The lowest BCUT2D eigenvalue weighted by Crippen LogP contribution is -2.11. The summed E-state index contributed by atoms with van der Waals surface area (Å²) in [5.41, 5.74) is 6.18. The third-order valence-corrected chi connectivity index (χ3v) is 5.63. The summed E-state index contributed by atoms with van der Waals surface area (Å²) >= 11 is 0. The van der Waals surface area contributed by atoms with E-state index in [0.29, 0.717) is 17.1 Å². The first-order chi connectivity index (χ1) is 14.4. The normalized spacial score (nSPS) is 11.0. The number of aryl methyl sites for hydroxylation is 3. The average molecular weight is 400 g/mol. The number of hydrogen-bond acceptors (Lipinski definition) is 4. The van der Waals surface area contributed by atoms with Crippen molar-refractivity contribution in [3.05, 3.63) is 82.6 Å². The van der Waals surface area contributed by atoms with Crippen LogP contribution in [0.25, 0.3) is 22.1 Å². The molecule has 1 aromatic heterocycles. The largest absolute Gasteiger partial charge is 0.497 e. The van der Waals surface area contributed by atoms with Crippen molar-refractivity contribution in [2.24, 2.45) is 0 Å². The first-order valence-corrected chi connectivity index (χ1v) is 9.87. The lowest BCUT2D eigenvalue weighted by atomic mass is 9.94. The first-order valence-electron chi connectivity index (χ1n) is 9.87. The molecule has 0 aliphatic carbocycles. The number of fused-ring (bicyclic) bond motifs is 1. The summed E-state index contributed by atoms with van der Waals surface area (Å²) in [4.78, 5) is 12.8. The van der Waals surface area contributed by atoms with Crippen LogP contribution in [0.4, 0.5) is 0 Å². The summed E-state index contributed by atoms with van der Waals surface area (Å²) in [6.45, 7) is 7.91. The molecule has 0 aliphatic heterocycles. The minimum atomic E-state index is -0.399. The second kappa shape index (κ2) is 7.71. The van der Waals surface area contributed by atoms with Crippen LogP contribution in [0.15, 0.2) is 59.0 Å².